The van der Waals surface area contributed by atoms with Crippen molar-refractivity contribution < 1.29 is 0 Å². The highest BCUT2D eigenvalue weighted by Crippen LogP contribution is 2.31. The van der Waals surface area contributed by atoms with Crippen LogP contribution in [0.5, 0.6) is 0 Å². The molecule has 0 bridgehead atoms. The fraction of sp³-hybridized carbons (Fsp3) is 0.294. The topological polar surface area (TPSA) is 0 Å². The van der Waals surface area contributed by atoms with Gasteiger partial charge in [0.05, 0.1) is 0 Å². The molecule has 0 fully saturated rings. The van der Waals surface area contributed by atoms with E-state index in [9.17, 15) is 0 Å². The molecule has 0 heterocycles. The van der Waals surface area contributed by atoms with Crippen LogP contribution in [0.4, 0.5) is 0 Å². The maximum absolute atomic E-state index is 2.25. The van der Waals surface area contributed by atoms with Gasteiger partial charge in [0.1, 0.15) is 0 Å². The van der Waals surface area contributed by atoms with Crippen molar-refractivity contribution in [3.63, 3.8) is 0 Å². The molecule has 0 atom stereocenters. The van der Waals surface area contributed by atoms with E-state index in [1.807, 2.05) is 0 Å². The third-order valence-corrected chi connectivity index (χ3v) is 3.43. The predicted octanol–water partition coefficient (Wildman–Crippen LogP) is 5.09. The Balaban J connectivity index is 2.61. The lowest BCUT2D eigenvalue weighted by Gasteiger charge is -2.15. The van der Waals surface area contributed by atoms with Crippen LogP contribution < -0.4 is 0 Å². The molecule has 2 rings (SSSR count). The molecule has 0 aliphatic rings. The van der Waals surface area contributed by atoms with Crippen molar-refractivity contribution >= 4 is 0 Å². The number of benzene rings is 2. The summed E-state index contributed by atoms with van der Waals surface area (Å²) in [5.41, 5.74) is 6.93. The molecule has 0 amide bonds. The van der Waals surface area contributed by atoms with Gasteiger partial charge in [0, 0.05) is 0 Å². The van der Waals surface area contributed by atoms with Gasteiger partial charge in [-0.1, -0.05) is 56.3 Å². The summed E-state index contributed by atoms with van der Waals surface area (Å²) < 4.78 is 0. The van der Waals surface area contributed by atoms with E-state index in [-0.39, 0.29) is 0 Å². The first-order valence-electron chi connectivity index (χ1n) is 6.26. The second kappa shape index (κ2) is 4.75. The summed E-state index contributed by atoms with van der Waals surface area (Å²) in [7, 11) is 0. The predicted molar refractivity (Wildman–Crippen MR) is 75.4 cm³/mol. The van der Waals surface area contributed by atoms with E-state index >= 15 is 0 Å². The molecule has 88 valence electrons. The molecule has 0 aromatic heterocycles. The van der Waals surface area contributed by atoms with Gasteiger partial charge < -0.3 is 0 Å². The summed E-state index contributed by atoms with van der Waals surface area (Å²) in [5.74, 6) is 0.582. The highest BCUT2D eigenvalue weighted by atomic mass is 14.1. The molecule has 17 heavy (non-hydrogen) atoms. The Labute approximate surface area is 104 Å². The van der Waals surface area contributed by atoms with E-state index in [0.29, 0.717) is 5.92 Å². The Hall–Kier alpha value is -1.56. The molecule has 2 aromatic rings. The average Bonchev–Trinajstić information content (AvgIpc) is 2.30. The smallest absolute Gasteiger partial charge is 0.0149 e. The van der Waals surface area contributed by atoms with Crippen LogP contribution in [0.25, 0.3) is 11.1 Å². The fourth-order valence-electron chi connectivity index (χ4n) is 2.45. The van der Waals surface area contributed by atoms with Crippen molar-refractivity contribution in [2.75, 3.05) is 0 Å². The minimum Gasteiger partial charge on any atom is -0.0620 e. The zero-order valence-electron chi connectivity index (χ0n) is 11.1. The van der Waals surface area contributed by atoms with Crippen LogP contribution in [0.3, 0.4) is 0 Å². The van der Waals surface area contributed by atoms with Crippen LogP contribution in [-0.4, -0.2) is 0 Å². The molecule has 0 saturated carbocycles. The number of rotatable bonds is 2. The molecule has 0 nitrogen and oxygen atoms in total. The van der Waals surface area contributed by atoms with Crippen molar-refractivity contribution in [1.82, 2.24) is 0 Å². The summed E-state index contributed by atoms with van der Waals surface area (Å²) in [5, 5.41) is 0. The number of aryl methyl sites for hydroxylation is 1. The summed E-state index contributed by atoms with van der Waals surface area (Å²) in [6.07, 6.45) is 0. The first kappa shape index (κ1) is 11.9. The van der Waals surface area contributed by atoms with E-state index in [1.54, 1.807) is 0 Å². The van der Waals surface area contributed by atoms with Gasteiger partial charge in [-0.2, -0.15) is 0 Å². The van der Waals surface area contributed by atoms with Crippen LogP contribution in [0.2, 0.25) is 0 Å². The van der Waals surface area contributed by atoms with Gasteiger partial charge in [-0.3, -0.25) is 0 Å². The maximum Gasteiger partial charge on any atom is -0.0149 e. The largest absolute Gasteiger partial charge is 0.0620 e. The van der Waals surface area contributed by atoms with E-state index in [2.05, 4.69) is 70.2 Å². The van der Waals surface area contributed by atoms with Crippen molar-refractivity contribution in [3.05, 3.63) is 59.2 Å². The highest BCUT2D eigenvalue weighted by molar-refractivity contribution is 5.71. The van der Waals surface area contributed by atoms with Crippen molar-refractivity contribution in [1.29, 1.82) is 0 Å². The molecule has 0 radical (unpaired) electrons. The van der Waals surface area contributed by atoms with Gasteiger partial charge in [0.25, 0.3) is 0 Å². The lowest BCUT2D eigenvalue weighted by molar-refractivity contribution is 0.857. The number of hydrogen-bond acceptors (Lipinski definition) is 0. The first-order chi connectivity index (χ1) is 8.11. The maximum atomic E-state index is 2.25. The molecule has 0 aliphatic heterocycles. The van der Waals surface area contributed by atoms with Crippen molar-refractivity contribution in [2.45, 2.75) is 33.6 Å². The SMILES string of the molecule is Cc1ccccc1-c1cccc(C(C)C)c1C. The zero-order chi connectivity index (χ0) is 12.4. The Morgan fingerprint density at radius 3 is 2.06 bits per heavy atom. The first-order valence-corrected chi connectivity index (χ1v) is 6.26. The molecule has 0 heteroatoms. The second-order valence-corrected chi connectivity index (χ2v) is 4.99. The fourth-order valence-corrected chi connectivity index (χ4v) is 2.45. The van der Waals surface area contributed by atoms with Crippen molar-refractivity contribution in [3.8, 4) is 11.1 Å². The molecule has 0 spiro atoms. The van der Waals surface area contributed by atoms with E-state index in [0.717, 1.165) is 0 Å². The Morgan fingerprint density at radius 1 is 0.765 bits per heavy atom. The highest BCUT2D eigenvalue weighted by Gasteiger charge is 2.09. The summed E-state index contributed by atoms with van der Waals surface area (Å²) in [4.78, 5) is 0. The van der Waals surface area contributed by atoms with Gasteiger partial charge in [0.2, 0.25) is 0 Å². The van der Waals surface area contributed by atoms with Gasteiger partial charge in [0.15, 0.2) is 0 Å². The zero-order valence-corrected chi connectivity index (χ0v) is 11.1. The number of hydrogen-bond donors (Lipinski definition) is 0. The third-order valence-electron chi connectivity index (χ3n) is 3.43. The minimum absolute atomic E-state index is 0.582. The summed E-state index contributed by atoms with van der Waals surface area (Å²) in [6.45, 7) is 8.92. The van der Waals surface area contributed by atoms with Gasteiger partial charge in [-0.25, -0.2) is 0 Å². The van der Waals surface area contributed by atoms with Crippen LogP contribution in [0.15, 0.2) is 42.5 Å². The van der Waals surface area contributed by atoms with Crippen LogP contribution >= 0.6 is 0 Å². The van der Waals surface area contributed by atoms with Crippen LogP contribution in [0, 0.1) is 13.8 Å². The minimum atomic E-state index is 0.582. The summed E-state index contributed by atoms with van der Waals surface area (Å²) in [6, 6.07) is 15.2. The third kappa shape index (κ3) is 2.26. The molecular formula is C17H20. The Kier molecular flexibility index (Phi) is 3.33. The molecule has 0 N–H and O–H groups in total. The normalized spacial score (nSPS) is 10.9. The monoisotopic (exact) mass is 224 g/mol. The molecule has 2 aromatic carbocycles. The molecule has 0 unspecified atom stereocenters. The molecule has 0 aliphatic carbocycles. The molecular weight excluding hydrogens is 204 g/mol. The lowest BCUT2D eigenvalue weighted by atomic mass is 9.90. The van der Waals surface area contributed by atoms with Crippen LogP contribution in [0.1, 0.15) is 36.5 Å². The Morgan fingerprint density at radius 2 is 1.41 bits per heavy atom. The van der Waals surface area contributed by atoms with Crippen LogP contribution in [-0.2, 0) is 0 Å². The van der Waals surface area contributed by atoms with E-state index in [1.165, 1.54) is 27.8 Å². The standard InChI is InChI=1S/C17H20/c1-12(2)15-10-7-11-17(14(15)4)16-9-6-5-8-13(16)3/h5-12H,1-4H3. The van der Waals surface area contributed by atoms with E-state index in [4.69, 9.17) is 0 Å². The van der Waals surface area contributed by atoms with Gasteiger partial charge in [-0.15, -0.1) is 0 Å². The van der Waals surface area contributed by atoms with Crippen molar-refractivity contribution in [2.24, 2.45) is 0 Å². The van der Waals surface area contributed by atoms with Gasteiger partial charge >= 0.3 is 0 Å². The second-order valence-electron chi connectivity index (χ2n) is 4.99. The summed E-state index contributed by atoms with van der Waals surface area (Å²) >= 11 is 0. The van der Waals surface area contributed by atoms with E-state index < -0.39 is 0 Å². The van der Waals surface area contributed by atoms with Gasteiger partial charge in [-0.05, 0) is 47.6 Å². The average molecular weight is 224 g/mol. The quantitative estimate of drug-likeness (QED) is 0.666. The lowest BCUT2D eigenvalue weighted by Crippen LogP contribution is -1.95. The molecule has 0 saturated heterocycles. The Bertz CT molecular complexity index is 521.